The first kappa shape index (κ1) is 17.7. The second-order valence-electron chi connectivity index (χ2n) is 5.30. The standard InChI is InChI=1S/C11H15NO.C6H14/c1-4-6-11-8-12(9(3)13)7-10(11)5-2;1-4-5-6(2)3/h4-6H,1,7-8H2,2-3H3;6H,4-5H2,1-3H3/b10-5-,11-6-;. The van der Waals surface area contributed by atoms with E-state index in [1.807, 2.05) is 17.9 Å². The minimum atomic E-state index is 0.131. The first-order valence-corrected chi connectivity index (χ1v) is 7.18. The van der Waals surface area contributed by atoms with Gasteiger partial charge in [-0.05, 0) is 24.0 Å². The lowest BCUT2D eigenvalue weighted by Gasteiger charge is -2.10. The summed E-state index contributed by atoms with van der Waals surface area (Å²) in [7, 11) is 0. The fraction of sp³-hybridized carbons (Fsp3) is 0.588. The predicted octanol–water partition coefficient (Wildman–Crippen LogP) is 4.35. The average molecular weight is 263 g/mol. The summed E-state index contributed by atoms with van der Waals surface area (Å²) < 4.78 is 0. The van der Waals surface area contributed by atoms with E-state index in [2.05, 4.69) is 33.4 Å². The van der Waals surface area contributed by atoms with Crippen molar-refractivity contribution in [3.8, 4) is 0 Å². The van der Waals surface area contributed by atoms with Crippen LogP contribution in [0.1, 0.15) is 47.5 Å². The molecule has 108 valence electrons. The van der Waals surface area contributed by atoms with Crippen LogP contribution < -0.4 is 0 Å². The molecular weight excluding hydrogens is 234 g/mol. The maximum Gasteiger partial charge on any atom is 0.220 e. The summed E-state index contributed by atoms with van der Waals surface area (Å²) in [5, 5.41) is 0. The molecule has 1 heterocycles. The maximum absolute atomic E-state index is 11.1. The van der Waals surface area contributed by atoms with Gasteiger partial charge in [0.15, 0.2) is 0 Å². The predicted molar refractivity (Wildman–Crippen MR) is 84.0 cm³/mol. The summed E-state index contributed by atoms with van der Waals surface area (Å²) >= 11 is 0. The number of amides is 1. The van der Waals surface area contributed by atoms with Crippen LogP contribution >= 0.6 is 0 Å². The van der Waals surface area contributed by atoms with Gasteiger partial charge in [-0.15, -0.1) is 0 Å². The molecule has 0 aliphatic carbocycles. The highest BCUT2D eigenvalue weighted by atomic mass is 16.2. The van der Waals surface area contributed by atoms with Crippen LogP contribution in [-0.4, -0.2) is 23.9 Å². The molecule has 0 saturated carbocycles. The van der Waals surface area contributed by atoms with E-state index < -0.39 is 0 Å². The van der Waals surface area contributed by atoms with Crippen molar-refractivity contribution < 1.29 is 4.79 Å². The third-order valence-electron chi connectivity index (χ3n) is 3.11. The Hall–Kier alpha value is -1.31. The Morgan fingerprint density at radius 3 is 2.26 bits per heavy atom. The van der Waals surface area contributed by atoms with Crippen molar-refractivity contribution in [1.29, 1.82) is 0 Å². The third-order valence-corrected chi connectivity index (χ3v) is 3.11. The van der Waals surface area contributed by atoms with Crippen LogP contribution in [0.2, 0.25) is 0 Å². The van der Waals surface area contributed by atoms with E-state index in [1.54, 1.807) is 13.0 Å². The molecule has 1 aliphatic rings. The first-order valence-electron chi connectivity index (χ1n) is 7.18. The van der Waals surface area contributed by atoms with Gasteiger partial charge in [0.05, 0.1) is 0 Å². The molecule has 0 bridgehead atoms. The van der Waals surface area contributed by atoms with Crippen molar-refractivity contribution in [3.05, 3.63) is 36.0 Å². The molecule has 2 heteroatoms. The summed E-state index contributed by atoms with van der Waals surface area (Å²) in [6.45, 7) is 15.4. The molecule has 0 aromatic rings. The summed E-state index contributed by atoms with van der Waals surface area (Å²) in [5.41, 5.74) is 2.43. The number of allylic oxidation sites excluding steroid dienone is 3. The van der Waals surface area contributed by atoms with Crippen LogP contribution in [0.3, 0.4) is 0 Å². The van der Waals surface area contributed by atoms with Gasteiger partial charge in [-0.1, -0.05) is 58.4 Å². The van der Waals surface area contributed by atoms with Crippen LogP contribution in [0.5, 0.6) is 0 Å². The Labute approximate surface area is 118 Å². The van der Waals surface area contributed by atoms with Crippen molar-refractivity contribution in [2.45, 2.75) is 47.5 Å². The monoisotopic (exact) mass is 263 g/mol. The largest absolute Gasteiger partial charge is 0.334 e. The molecule has 0 spiro atoms. The molecule has 19 heavy (non-hydrogen) atoms. The van der Waals surface area contributed by atoms with Gasteiger partial charge in [0, 0.05) is 20.0 Å². The molecule has 0 unspecified atom stereocenters. The normalized spacial score (nSPS) is 18.7. The number of carbonyl (C=O) groups is 1. The van der Waals surface area contributed by atoms with Crippen molar-refractivity contribution in [1.82, 2.24) is 4.90 Å². The molecule has 1 amide bonds. The van der Waals surface area contributed by atoms with E-state index in [-0.39, 0.29) is 5.91 Å². The number of hydrogen-bond acceptors (Lipinski definition) is 1. The van der Waals surface area contributed by atoms with E-state index >= 15 is 0 Å². The van der Waals surface area contributed by atoms with Gasteiger partial charge in [-0.3, -0.25) is 4.79 Å². The molecule has 2 nitrogen and oxygen atoms in total. The van der Waals surface area contributed by atoms with Crippen LogP contribution in [0.25, 0.3) is 0 Å². The minimum Gasteiger partial charge on any atom is -0.334 e. The Bertz CT molecular complexity index is 350. The van der Waals surface area contributed by atoms with Crippen molar-refractivity contribution >= 4 is 5.91 Å². The van der Waals surface area contributed by atoms with E-state index in [4.69, 9.17) is 0 Å². The topological polar surface area (TPSA) is 20.3 Å². The summed E-state index contributed by atoms with van der Waals surface area (Å²) in [4.78, 5) is 12.9. The maximum atomic E-state index is 11.1. The highest BCUT2D eigenvalue weighted by Gasteiger charge is 2.21. The molecule has 0 radical (unpaired) electrons. The van der Waals surface area contributed by atoms with E-state index in [0.717, 1.165) is 19.0 Å². The second-order valence-corrected chi connectivity index (χ2v) is 5.30. The molecule has 1 aliphatic heterocycles. The van der Waals surface area contributed by atoms with Crippen LogP contribution in [0.4, 0.5) is 0 Å². The third kappa shape index (κ3) is 7.00. The van der Waals surface area contributed by atoms with Crippen LogP contribution in [0, 0.1) is 5.92 Å². The zero-order valence-corrected chi connectivity index (χ0v) is 13.2. The van der Waals surface area contributed by atoms with Gasteiger partial charge < -0.3 is 4.90 Å². The Morgan fingerprint density at radius 1 is 1.37 bits per heavy atom. The molecule has 0 atom stereocenters. The number of carbonyl (C=O) groups excluding carboxylic acids is 1. The van der Waals surface area contributed by atoms with Gasteiger partial charge in [0.25, 0.3) is 0 Å². The highest BCUT2D eigenvalue weighted by Crippen LogP contribution is 2.21. The Balaban J connectivity index is 0.000000459. The lowest BCUT2D eigenvalue weighted by Crippen LogP contribution is -2.24. The smallest absolute Gasteiger partial charge is 0.220 e. The lowest BCUT2D eigenvalue weighted by atomic mass is 10.1. The van der Waals surface area contributed by atoms with Crippen molar-refractivity contribution in [2.24, 2.45) is 5.92 Å². The molecule has 0 aromatic heterocycles. The van der Waals surface area contributed by atoms with E-state index in [1.165, 1.54) is 24.0 Å². The molecule has 0 aromatic carbocycles. The summed E-state index contributed by atoms with van der Waals surface area (Å²) in [6.07, 6.45) is 8.50. The van der Waals surface area contributed by atoms with E-state index in [9.17, 15) is 4.79 Å². The SMILES string of the molecule is C=C/C=C1/CN(C(C)=O)C/C1=C/C.CCCC(C)C. The van der Waals surface area contributed by atoms with Gasteiger partial charge in [0.1, 0.15) is 0 Å². The number of rotatable bonds is 3. The lowest BCUT2D eigenvalue weighted by molar-refractivity contribution is -0.127. The average Bonchev–Trinajstić information content (AvgIpc) is 2.73. The summed E-state index contributed by atoms with van der Waals surface area (Å²) in [5.74, 6) is 1.03. The molecule has 1 fully saturated rings. The van der Waals surface area contributed by atoms with Gasteiger partial charge >= 0.3 is 0 Å². The first-order chi connectivity index (χ1) is 8.96. The van der Waals surface area contributed by atoms with Crippen LogP contribution in [0.15, 0.2) is 36.0 Å². The van der Waals surface area contributed by atoms with Crippen molar-refractivity contribution in [3.63, 3.8) is 0 Å². The molecule has 0 N–H and O–H groups in total. The zero-order chi connectivity index (χ0) is 14.8. The van der Waals surface area contributed by atoms with Gasteiger partial charge in [0.2, 0.25) is 5.91 Å². The fourth-order valence-electron chi connectivity index (χ4n) is 2.05. The molecule has 1 rings (SSSR count). The van der Waals surface area contributed by atoms with Gasteiger partial charge in [-0.2, -0.15) is 0 Å². The number of likely N-dealkylation sites (tertiary alicyclic amines) is 1. The highest BCUT2D eigenvalue weighted by molar-refractivity contribution is 5.75. The fourth-order valence-corrected chi connectivity index (χ4v) is 2.05. The summed E-state index contributed by atoms with van der Waals surface area (Å²) in [6, 6.07) is 0. The quantitative estimate of drug-likeness (QED) is 0.741. The Morgan fingerprint density at radius 2 is 1.95 bits per heavy atom. The van der Waals surface area contributed by atoms with Crippen molar-refractivity contribution in [2.75, 3.05) is 13.1 Å². The zero-order valence-electron chi connectivity index (χ0n) is 13.2. The molecule has 1 saturated heterocycles. The van der Waals surface area contributed by atoms with E-state index in [0.29, 0.717) is 0 Å². The van der Waals surface area contributed by atoms with Crippen LogP contribution in [-0.2, 0) is 4.79 Å². The minimum absolute atomic E-state index is 0.131. The number of hydrogen-bond donors (Lipinski definition) is 0. The number of nitrogens with zero attached hydrogens (tertiary/aromatic N) is 1. The van der Waals surface area contributed by atoms with Gasteiger partial charge in [-0.25, -0.2) is 0 Å². The second kappa shape index (κ2) is 9.60. The Kier molecular flexibility index (Phi) is 8.94. The molecular formula is C17H29NO.